The summed E-state index contributed by atoms with van der Waals surface area (Å²) in [6.45, 7) is 0. The van der Waals surface area contributed by atoms with Gasteiger partial charge in [0.15, 0.2) is 0 Å². The van der Waals surface area contributed by atoms with E-state index in [0.717, 1.165) is 12.0 Å². The number of benzene rings is 2. The van der Waals surface area contributed by atoms with Crippen LogP contribution in [0.15, 0.2) is 71.2 Å². The van der Waals surface area contributed by atoms with Crippen LogP contribution in [-0.4, -0.2) is 14.9 Å². The summed E-state index contributed by atoms with van der Waals surface area (Å²) in [5.74, 6) is -0.174. The van der Waals surface area contributed by atoms with Gasteiger partial charge in [0.2, 0.25) is 11.6 Å². The van der Waals surface area contributed by atoms with Crippen LogP contribution in [0.2, 0.25) is 0 Å². The van der Waals surface area contributed by atoms with E-state index in [4.69, 9.17) is 5.73 Å². The molecule has 0 atom stereocenters. The smallest absolute Gasteiger partial charge is 0.353 e. The quantitative estimate of drug-likeness (QED) is 0.409. The average Bonchev–Trinajstić information content (AvgIpc) is 2.62. The molecule has 9 nitrogen and oxygen atoms in total. The highest BCUT2D eigenvalue weighted by molar-refractivity contribution is 5.72. The highest BCUT2D eigenvalue weighted by Gasteiger charge is 2.20. The fourth-order valence-electron chi connectivity index (χ4n) is 2.02. The average molecular weight is 335 g/mol. The van der Waals surface area contributed by atoms with Crippen molar-refractivity contribution in [2.24, 2.45) is 10.2 Å². The monoisotopic (exact) mass is 335 g/mol. The van der Waals surface area contributed by atoms with Gasteiger partial charge < -0.3 is 11.1 Å². The lowest BCUT2D eigenvalue weighted by molar-refractivity contribution is -0.383. The predicted octanol–water partition coefficient (Wildman–Crippen LogP) is 4.13. The highest BCUT2D eigenvalue weighted by atomic mass is 16.6. The largest absolute Gasteiger partial charge is 0.378 e. The summed E-state index contributed by atoms with van der Waals surface area (Å²) >= 11 is 0. The van der Waals surface area contributed by atoms with Crippen molar-refractivity contribution in [1.82, 2.24) is 9.97 Å². The van der Waals surface area contributed by atoms with E-state index >= 15 is 0 Å². The number of anilines is 3. The van der Waals surface area contributed by atoms with Gasteiger partial charge >= 0.3 is 5.69 Å². The van der Waals surface area contributed by atoms with E-state index in [0.29, 0.717) is 11.4 Å². The Labute approximate surface area is 142 Å². The Kier molecular flexibility index (Phi) is 4.56. The van der Waals surface area contributed by atoms with Gasteiger partial charge in [0.25, 0.3) is 0 Å². The normalized spacial score (nSPS) is 10.7. The van der Waals surface area contributed by atoms with Crippen LogP contribution in [0.25, 0.3) is 0 Å². The van der Waals surface area contributed by atoms with Gasteiger partial charge in [-0.3, -0.25) is 10.1 Å². The predicted molar refractivity (Wildman–Crippen MR) is 93.4 cm³/mol. The lowest BCUT2D eigenvalue weighted by Gasteiger charge is -2.06. The lowest BCUT2D eigenvalue weighted by atomic mass is 10.3. The number of nitro groups is 1. The number of rotatable bonds is 5. The summed E-state index contributed by atoms with van der Waals surface area (Å²) in [5, 5.41) is 22.2. The molecule has 0 saturated heterocycles. The molecule has 0 aliphatic heterocycles. The zero-order valence-electron chi connectivity index (χ0n) is 12.9. The molecule has 2 aromatic carbocycles. The van der Waals surface area contributed by atoms with E-state index in [2.05, 4.69) is 25.5 Å². The van der Waals surface area contributed by atoms with E-state index in [1.54, 1.807) is 24.3 Å². The van der Waals surface area contributed by atoms with E-state index in [1.807, 2.05) is 30.3 Å². The topological polar surface area (TPSA) is 132 Å². The molecular formula is C16H13N7O2. The fraction of sp³-hybridized carbons (Fsp3) is 0. The van der Waals surface area contributed by atoms with Crippen molar-refractivity contribution >= 4 is 34.4 Å². The summed E-state index contributed by atoms with van der Waals surface area (Å²) in [4.78, 5) is 18.0. The molecule has 124 valence electrons. The fourth-order valence-corrected chi connectivity index (χ4v) is 2.02. The lowest BCUT2D eigenvalue weighted by Crippen LogP contribution is -2.04. The molecule has 0 aliphatic rings. The molecule has 0 spiro atoms. The third-order valence-electron chi connectivity index (χ3n) is 3.20. The Hall–Kier alpha value is -3.88. The first-order chi connectivity index (χ1) is 12.1. The number of hydrogen-bond acceptors (Lipinski definition) is 8. The molecule has 1 aromatic heterocycles. The summed E-state index contributed by atoms with van der Waals surface area (Å²) in [5.41, 5.74) is 7.16. The molecule has 3 rings (SSSR count). The van der Waals surface area contributed by atoms with Crippen LogP contribution in [0.4, 0.5) is 34.4 Å². The molecule has 0 amide bonds. The summed E-state index contributed by atoms with van der Waals surface area (Å²) in [6.07, 6.45) is 1.16. The Morgan fingerprint density at radius 3 is 2.24 bits per heavy atom. The summed E-state index contributed by atoms with van der Waals surface area (Å²) < 4.78 is 0. The third kappa shape index (κ3) is 3.91. The molecule has 0 radical (unpaired) electrons. The molecule has 25 heavy (non-hydrogen) atoms. The van der Waals surface area contributed by atoms with Crippen molar-refractivity contribution in [3.05, 3.63) is 71.0 Å². The number of aromatic nitrogens is 2. The van der Waals surface area contributed by atoms with Gasteiger partial charge in [-0.1, -0.05) is 18.2 Å². The zero-order valence-corrected chi connectivity index (χ0v) is 12.9. The second kappa shape index (κ2) is 7.13. The van der Waals surface area contributed by atoms with Gasteiger partial charge in [-0.2, -0.15) is 10.2 Å². The minimum Gasteiger partial charge on any atom is -0.378 e. The van der Waals surface area contributed by atoms with Gasteiger partial charge in [0, 0.05) is 5.69 Å². The minimum absolute atomic E-state index is 0.0242. The SMILES string of the molecule is Nc1ncnc(Nc2ccc(N=Nc3ccccc3)cc2)c1[N+](=O)[O-]. The van der Waals surface area contributed by atoms with Gasteiger partial charge in [-0.05, 0) is 36.4 Å². The van der Waals surface area contributed by atoms with Crippen LogP contribution >= 0.6 is 0 Å². The molecule has 0 aliphatic carbocycles. The minimum atomic E-state index is -0.625. The maximum Gasteiger partial charge on any atom is 0.353 e. The Bertz CT molecular complexity index is 912. The number of azo groups is 1. The van der Waals surface area contributed by atoms with Crippen molar-refractivity contribution in [1.29, 1.82) is 0 Å². The number of hydrogen-bond donors (Lipinski definition) is 2. The van der Waals surface area contributed by atoms with Crippen LogP contribution < -0.4 is 11.1 Å². The molecule has 0 bridgehead atoms. The highest BCUT2D eigenvalue weighted by Crippen LogP contribution is 2.29. The number of nitrogens with zero attached hydrogens (tertiary/aromatic N) is 5. The number of nitrogen functional groups attached to an aromatic ring is 1. The van der Waals surface area contributed by atoms with Crippen molar-refractivity contribution < 1.29 is 4.92 Å². The molecule has 1 heterocycles. The maximum absolute atomic E-state index is 11.1. The van der Waals surface area contributed by atoms with Crippen LogP contribution in [0, 0.1) is 10.1 Å². The maximum atomic E-state index is 11.1. The van der Waals surface area contributed by atoms with Gasteiger partial charge in [-0.25, -0.2) is 9.97 Å². The van der Waals surface area contributed by atoms with Crippen LogP contribution in [0.1, 0.15) is 0 Å². The molecule has 0 fully saturated rings. The number of nitrogens with two attached hydrogens (primary N) is 1. The second-order valence-electron chi connectivity index (χ2n) is 4.92. The Morgan fingerprint density at radius 1 is 0.960 bits per heavy atom. The molecule has 3 N–H and O–H groups in total. The van der Waals surface area contributed by atoms with E-state index < -0.39 is 4.92 Å². The molecule has 0 unspecified atom stereocenters. The van der Waals surface area contributed by atoms with E-state index in [1.165, 1.54) is 0 Å². The zero-order chi connectivity index (χ0) is 17.6. The summed E-state index contributed by atoms with van der Waals surface area (Å²) in [6, 6.07) is 16.2. The van der Waals surface area contributed by atoms with Crippen molar-refractivity contribution in [2.75, 3.05) is 11.1 Å². The third-order valence-corrected chi connectivity index (χ3v) is 3.20. The standard InChI is InChI=1S/C16H13N7O2/c17-15-14(23(24)25)16(19-10-18-15)20-11-6-8-13(9-7-11)22-21-12-4-2-1-3-5-12/h1-10H,(H3,17,18,19,20). The first-order valence-electron chi connectivity index (χ1n) is 7.22. The van der Waals surface area contributed by atoms with Gasteiger partial charge in [-0.15, -0.1) is 0 Å². The van der Waals surface area contributed by atoms with Crippen molar-refractivity contribution in [3.63, 3.8) is 0 Å². The van der Waals surface area contributed by atoms with Crippen LogP contribution in [-0.2, 0) is 0 Å². The molecule has 3 aromatic rings. The van der Waals surface area contributed by atoms with Crippen molar-refractivity contribution in [2.45, 2.75) is 0 Å². The molecule has 9 heteroatoms. The van der Waals surface area contributed by atoms with Crippen LogP contribution in [0.5, 0.6) is 0 Å². The Balaban J connectivity index is 1.77. The first-order valence-corrected chi connectivity index (χ1v) is 7.22. The molecular weight excluding hydrogens is 322 g/mol. The first kappa shape index (κ1) is 16.0. The van der Waals surface area contributed by atoms with Gasteiger partial charge in [0.05, 0.1) is 16.3 Å². The van der Waals surface area contributed by atoms with Crippen LogP contribution in [0.3, 0.4) is 0 Å². The van der Waals surface area contributed by atoms with Crippen molar-refractivity contribution in [3.8, 4) is 0 Å². The Morgan fingerprint density at radius 2 is 1.60 bits per heavy atom. The van der Waals surface area contributed by atoms with E-state index in [9.17, 15) is 10.1 Å². The number of nitrogens with one attached hydrogen (secondary N) is 1. The van der Waals surface area contributed by atoms with E-state index in [-0.39, 0.29) is 17.3 Å². The van der Waals surface area contributed by atoms with Gasteiger partial charge in [0.1, 0.15) is 6.33 Å². The second-order valence-corrected chi connectivity index (χ2v) is 4.92. The molecule has 0 saturated carbocycles. The summed E-state index contributed by atoms with van der Waals surface area (Å²) in [7, 11) is 0.